The fourth-order valence-electron chi connectivity index (χ4n) is 7.55. The Hall–Kier alpha value is -8.29. The highest BCUT2D eigenvalue weighted by Gasteiger charge is 2.35. The van der Waals surface area contributed by atoms with Crippen LogP contribution < -0.4 is 36.5 Å². The van der Waals surface area contributed by atoms with E-state index in [1.165, 1.54) is 36.7 Å². The molecule has 0 spiro atoms. The van der Waals surface area contributed by atoms with Crippen LogP contribution in [0.4, 0.5) is 70.6 Å². The minimum Gasteiger partial charge on any atom is -0.457 e. The third-order valence-corrected chi connectivity index (χ3v) is 11.9. The molecule has 18 nitrogen and oxygen atoms in total. The molecule has 7 aromatic rings. The number of hydrogen-bond donors (Lipinski definition) is 6. The van der Waals surface area contributed by atoms with E-state index in [2.05, 4.69) is 55.0 Å². The largest absolute Gasteiger partial charge is 0.457 e. The van der Waals surface area contributed by atoms with Crippen molar-refractivity contribution in [3.05, 3.63) is 138 Å². The molecule has 0 unspecified atom stereocenters. The van der Waals surface area contributed by atoms with Crippen LogP contribution >= 0.6 is 0 Å². The van der Waals surface area contributed by atoms with Gasteiger partial charge in [0.25, 0.3) is 0 Å². The van der Waals surface area contributed by atoms with Crippen LogP contribution in [0.15, 0.2) is 122 Å². The summed E-state index contributed by atoms with van der Waals surface area (Å²) >= 11 is 0. The normalized spacial score (nSPS) is 13.2. The van der Waals surface area contributed by atoms with E-state index in [9.17, 15) is 41.0 Å². The number of amides is 2. The summed E-state index contributed by atoms with van der Waals surface area (Å²) in [5.74, 6) is 3.08. The van der Waals surface area contributed by atoms with Gasteiger partial charge in [0, 0.05) is 88.7 Å². The number of imidazole rings is 1. The number of alkyl halides is 6. The second-order valence-corrected chi connectivity index (χ2v) is 18.1. The first kappa shape index (κ1) is 67.0. The van der Waals surface area contributed by atoms with Crippen LogP contribution in [0.5, 0.6) is 23.0 Å². The fourth-order valence-corrected chi connectivity index (χ4v) is 7.55. The number of likely N-dealkylation sites (tertiary alicyclic amines) is 1. The predicted molar refractivity (Wildman–Crippen MR) is 307 cm³/mol. The molecule has 2 fully saturated rings. The highest BCUT2D eigenvalue weighted by molar-refractivity contribution is 6.45. The summed E-state index contributed by atoms with van der Waals surface area (Å²) in [6.07, 6.45) is -7.13. The maximum absolute atomic E-state index is 12.8. The Morgan fingerprint density at radius 1 is 0.691 bits per heavy atom. The predicted octanol–water partition coefficient (Wildman–Crippen LogP) is 13.6. The van der Waals surface area contributed by atoms with Crippen LogP contribution in [-0.2, 0) is 28.9 Å². The number of pyridine rings is 2. The van der Waals surface area contributed by atoms with Gasteiger partial charge >= 0.3 is 31.6 Å². The van der Waals surface area contributed by atoms with Crippen LogP contribution in [0, 0.1) is 6.92 Å². The summed E-state index contributed by atoms with van der Waals surface area (Å²) in [5.41, 5.74) is 8.72. The zero-order valence-electron chi connectivity index (χ0n) is 42.6. The monoisotopic (exact) mass is 1140 g/mol. The number of halogens is 6. The number of fused-ring (bicyclic) bond motifs is 1. The van der Waals surface area contributed by atoms with Gasteiger partial charge in [-0.05, 0) is 100 Å². The molecule has 81 heavy (non-hydrogen) atoms. The van der Waals surface area contributed by atoms with Gasteiger partial charge in [0.15, 0.2) is 0 Å². The van der Waals surface area contributed by atoms with Crippen molar-refractivity contribution in [2.45, 2.75) is 87.9 Å². The van der Waals surface area contributed by atoms with Gasteiger partial charge in [-0.25, -0.2) is 24.5 Å². The number of aromatic nitrogens is 4. The molecule has 3 aromatic heterocycles. The molecule has 0 saturated carbocycles. The summed E-state index contributed by atoms with van der Waals surface area (Å²) in [7, 11) is 3.05. The first-order valence-electron chi connectivity index (χ1n) is 24.0. The van der Waals surface area contributed by atoms with Crippen molar-refractivity contribution in [1.29, 1.82) is 0 Å². The molecule has 2 saturated heterocycles. The van der Waals surface area contributed by atoms with Crippen LogP contribution in [0.25, 0.3) is 11.0 Å². The average molecular weight is 1140 g/mol. The number of nitrogens with one attached hydrogen (secondary N) is 4. The number of anilines is 6. The first-order valence-corrected chi connectivity index (χ1v) is 24.0. The van der Waals surface area contributed by atoms with Crippen molar-refractivity contribution in [1.82, 2.24) is 29.2 Å². The second-order valence-electron chi connectivity index (χ2n) is 18.1. The lowest BCUT2D eigenvalue weighted by molar-refractivity contribution is -0.138. The second kappa shape index (κ2) is 29.3. The first-order chi connectivity index (χ1) is 36.5. The Bertz CT molecular complexity index is 3120. The van der Waals surface area contributed by atoms with Crippen LogP contribution in [0.2, 0.25) is 6.82 Å². The van der Waals surface area contributed by atoms with E-state index in [0.717, 1.165) is 41.0 Å². The van der Waals surface area contributed by atoms with Crippen LogP contribution in [-0.4, -0.2) is 105 Å². The zero-order valence-corrected chi connectivity index (χ0v) is 42.6. The van der Waals surface area contributed by atoms with Crippen molar-refractivity contribution in [2.24, 2.45) is 7.05 Å². The van der Waals surface area contributed by atoms with Gasteiger partial charge in [0.05, 0.1) is 33.5 Å². The standard InChI is InChI=1S/C27H27F3N6O3.C17H22BN5O4.C8H7F3.4CH4/c1-16(2)36-14-21(15-36)39-26(37)34-24-13-20(10-11-31-24)38-19-8-9-23-22(12-19)33-25(35(23)3)32-18-6-4-17(5-7-18)27(28,29)30;1-18(25)23-9-13(10-23)27-17(24)22-16-8-12(5-6-21-16)26-11-3-4-15(20-2)14(19)7-11;1-6-2-4-7(5-3-6)8(9,10)11;;;;/h4-13,16,21H,14-15H2,1-3H3,(H,32,33)(H,31,34,37);3-8,13,20,25H,9-10,19H2,1-2H3,(H,21,22,24);2-5H,1H3;4*1H4. The number of nitrogens with two attached hydrogens (primary N) is 1. The molecule has 0 radical (unpaired) electrons. The van der Waals surface area contributed by atoms with Crippen molar-refractivity contribution < 1.29 is 59.9 Å². The smallest absolute Gasteiger partial charge is 0.416 e. The van der Waals surface area contributed by atoms with E-state index in [-0.39, 0.29) is 41.9 Å². The van der Waals surface area contributed by atoms with Gasteiger partial charge in [-0.1, -0.05) is 47.4 Å². The molecule has 2 aliphatic heterocycles. The van der Waals surface area contributed by atoms with Crippen molar-refractivity contribution in [2.75, 3.05) is 60.2 Å². The van der Waals surface area contributed by atoms with Gasteiger partial charge in [-0.15, -0.1) is 0 Å². The SMILES string of the molecule is C.C.C.C.CC(C)N1CC(OC(=O)Nc2cc(Oc3ccc4c(c3)nc(Nc3ccc(C(F)(F)F)cc3)n4C)ccn2)C1.CNc1ccc(Oc2ccnc(NC(=O)OC3CN(B(C)O)C3)c2)cc1N.Cc1ccc(C(F)(F)F)cc1. The van der Waals surface area contributed by atoms with Crippen molar-refractivity contribution in [3.8, 4) is 23.0 Å². The molecule has 2 aliphatic rings. The fraction of sp³-hybridized carbons (Fsp3) is 0.339. The maximum atomic E-state index is 12.8. The Labute approximate surface area is 469 Å². The van der Waals surface area contributed by atoms with E-state index in [0.29, 0.717) is 89.7 Å². The molecule has 25 heteroatoms. The van der Waals surface area contributed by atoms with E-state index in [4.69, 9.17) is 24.7 Å². The topological polar surface area (TPSA) is 216 Å². The zero-order chi connectivity index (χ0) is 55.6. The number of nitrogen functional groups attached to an aromatic ring is 1. The highest BCUT2D eigenvalue weighted by Crippen LogP contribution is 2.33. The lowest BCUT2D eigenvalue weighted by atomic mass is 9.81. The van der Waals surface area contributed by atoms with Crippen molar-refractivity contribution >= 4 is 64.9 Å². The van der Waals surface area contributed by atoms with Gasteiger partial charge in [-0.2, -0.15) is 26.3 Å². The summed E-state index contributed by atoms with van der Waals surface area (Å²) in [6.45, 7) is 10.0. The number of carbonyl (C=O) groups is 2. The van der Waals surface area contributed by atoms with Gasteiger partial charge in [-0.3, -0.25) is 15.5 Å². The molecule has 9 rings (SSSR count). The van der Waals surface area contributed by atoms with E-state index in [1.807, 2.05) is 12.1 Å². The Balaban J connectivity index is 0.000000356. The number of rotatable bonds is 13. The van der Waals surface area contributed by atoms with Crippen LogP contribution in [0.3, 0.4) is 0 Å². The number of hydrogen-bond acceptors (Lipinski definition) is 15. The lowest BCUT2D eigenvalue weighted by Gasteiger charge is -2.40. The quantitative estimate of drug-likeness (QED) is 0.0360. The number of carbonyl (C=O) groups excluding carboxylic acids is 2. The maximum Gasteiger partial charge on any atom is 0.416 e. The third-order valence-electron chi connectivity index (χ3n) is 11.9. The summed E-state index contributed by atoms with van der Waals surface area (Å²) in [4.78, 5) is 41.0. The molecule has 7 N–H and O–H groups in total. The molecule has 438 valence electrons. The minimum atomic E-state index is -4.40. The van der Waals surface area contributed by atoms with Gasteiger partial charge in [0.2, 0.25) is 5.95 Å². The average Bonchev–Trinajstić information content (AvgIpc) is 3.84. The summed E-state index contributed by atoms with van der Waals surface area (Å²) in [6, 6.07) is 27.4. The third kappa shape index (κ3) is 18.9. The Morgan fingerprint density at radius 3 is 1.63 bits per heavy atom. The molecule has 2 amide bonds. The number of aryl methyl sites for hydroxylation is 2. The Kier molecular flexibility index (Phi) is 24.2. The minimum absolute atomic E-state index is 0. The molecule has 0 aliphatic carbocycles. The summed E-state index contributed by atoms with van der Waals surface area (Å²) in [5, 5.41) is 20.6. The van der Waals surface area contributed by atoms with Crippen LogP contribution in [0.1, 0.15) is 60.2 Å². The van der Waals surface area contributed by atoms with Gasteiger partial charge < -0.3 is 49.7 Å². The van der Waals surface area contributed by atoms with E-state index in [1.54, 1.807) is 85.8 Å². The van der Waals surface area contributed by atoms with Crippen molar-refractivity contribution in [3.63, 3.8) is 0 Å². The summed E-state index contributed by atoms with van der Waals surface area (Å²) < 4.78 is 98.5. The van der Waals surface area contributed by atoms with E-state index < -0.39 is 42.7 Å². The Morgan fingerprint density at radius 2 is 1.16 bits per heavy atom. The number of nitrogens with zero attached hydrogens (tertiary/aromatic N) is 6. The molecular formula is C56H72BF6N11O7. The molecule has 5 heterocycles. The number of benzene rings is 4. The molecule has 0 bridgehead atoms. The lowest BCUT2D eigenvalue weighted by Crippen LogP contribution is -2.58. The molecule has 4 aromatic carbocycles. The highest BCUT2D eigenvalue weighted by atomic mass is 19.4. The number of ether oxygens (including phenoxy) is 4. The van der Waals surface area contributed by atoms with E-state index >= 15 is 0 Å². The molecule has 0 atom stereocenters. The molecular weight excluding hydrogens is 1060 g/mol. The van der Waals surface area contributed by atoms with Gasteiger partial charge in [0.1, 0.15) is 46.8 Å².